The molecule has 2 aromatic heterocycles. The van der Waals surface area contributed by atoms with Crippen molar-refractivity contribution >= 4 is 23.2 Å². The van der Waals surface area contributed by atoms with Gasteiger partial charge in [0.2, 0.25) is 0 Å². The smallest absolute Gasteiger partial charge is 0.271 e. The quantitative estimate of drug-likeness (QED) is 0.807. The van der Waals surface area contributed by atoms with E-state index >= 15 is 0 Å². The van der Waals surface area contributed by atoms with E-state index in [-0.39, 0.29) is 5.91 Å². The second-order valence-electron chi connectivity index (χ2n) is 4.87. The number of amides is 1. The number of fused-ring (bicyclic) bond motifs is 1. The summed E-state index contributed by atoms with van der Waals surface area (Å²) < 4.78 is 1.85. The van der Waals surface area contributed by atoms with Crippen molar-refractivity contribution in [3.8, 4) is 0 Å². The van der Waals surface area contributed by atoms with Gasteiger partial charge in [-0.2, -0.15) is 0 Å². The lowest BCUT2D eigenvalue weighted by atomic mass is 10.2. The molecule has 0 atom stereocenters. The number of halogens is 1. The van der Waals surface area contributed by atoms with Crippen molar-refractivity contribution in [2.24, 2.45) is 0 Å². The maximum atomic E-state index is 12.2. The van der Waals surface area contributed by atoms with Crippen molar-refractivity contribution < 1.29 is 4.79 Å². The van der Waals surface area contributed by atoms with Crippen molar-refractivity contribution in [3.63, 3.8) is 0 Å². The van der Waals surface area contributed by atoms with Crippen LogP contribution in [0.5, 0.6) is 0 Å². The topological polar surface area (TPSA) is 46.4 Å². The van der Waals surface area contributed by atoms with Crippen LogP contribution in [0.25, 0.3) is 5.65 Å². The number of rotatable bonds is 3. The zero-order valence-corrected chi connectivity index (χ0v) is 12.3. The summed E-state index contributed by atoms with van der Waals surface area (Å²) in [5.41, 5.74) is 3.14. The molecule has 3 rings (SSSR count). The Hall–Kier alpha value is -2.33. The highest BCUT2D eigenvalue weighted by molar-refractivity contribution is 6.31. The Labute approximate surface area is 127 Å². The number of pyridine rings is 1. The second-order valence-corrected chi connectivity index (χ2v) is 5.28. The lowest BCUT2D eigenvalue weighted by molar-refractivity contribution is 0.0946. The number of aromatic nitrogens is 2. The van der Waals surface area contributed by atoms with Crippen molar-refractivity contribution in [2.75, 3.05) is 0 Å². The molecule has 5 heteroatoms. The monoisotopic (exact) mass is 299 g/mol. The third kappa shape index (κ3) is 2.90. The van der Waals surface area contributed by atoms with Crippen LogP contribution in [0.3, 0.4) is 0 Å². The highest BCUT2D eigenvalue weighted by Gasteiger charge is 2.11. The number of nitrogens with one attached hydrogen (secondary N) is 1. The minimum atomic E-state index is -0.212. The van der Waals surface area contributed by atoms with Gasteiger partial charge in [0.25, 0.3) is 5.91 Å². The molecule has 0 bridgehead atoms. The predicted octanol–water partition coefficient (Wildman–Crippen LogP) is 3.23. The van der Waals surface area contributed by atoms with Gasteiger partial charge in [-0.15, -0.1) is 0 Å². The predicted molar refractivity (Wildman–Crippen MR) is 82.6 cm³/mol. The van der Waals surface area contributed by atoms with Gasteiger partial charge >= 0.3 is 0 Å². The molecule has 1 N–H and O–H groups in total. The molecule has 0 saturated carbocycles. The van der Waals surface area contributed by atoms with Gasteiger partial charge in [-0.25, -0.2) is 4.98 Å². The first-order valence-electron chi connectivity index (χ1n) is 6.60. The van der Waals surface area contributed by atoms with Crippen LogP contribution in [0.1, 0.15) is 21.6 Å². The van der Waals surface area contributed by atoms with Gasteiger partial charge < -0.3 is 9.72 Å². The summed E-state index contributed by atoms with van der Waals surface area (Å²) >= 11 is 6.06. The van der Waals surface area contributed by atoms with Crippen LogP contribution in [0.15, 0.2) is 48.8 Å². The van der Waals surface area contributed by atoms with Gasteiger partial charge in [0.15, 0.2) is 0 Å². The van der Waals surface area contributed by atoms with Gasteiger partial charge in [-0.05, 0) is 30.2 Å². The van der Waals surface area contributed by atoms with Crippen molar-refractivity contribution in [1.29, 1.82) is 0 Å². The van der Waals surface area contributed by atoms with Crippen LogP contribution in [0.4, 0.5) is 0 Å². The van der Waals surface area contributed by atoms with E-state index in [1.165, 1.54) is 0 Å². The van der Waals surface area contributed by atoms with Gasteiger partial charge in [-0.1, -0.05) is 35.9 Å². The van der Waals surface area contributed by atoms with E-state index in [4.69, 9.17) is 11.6 Å². The van der Waals surface area contributed by atoms with Crippen LogP contribution in [0, 0.1) is 6.92 Å². The Morgan fingerprint density at radius 1 is 1.24 bits per heavy atom. The van der Waals surface area contributed by atoms with Crippen LogP contribution < -0.4 is 5.32 Å². The summed E-state index contributed by atoms with van der Waals surface area (Å²) in [6.45, 7) is 2.38. The average molecular weight is 300 g/mol. The average Bonchev–Trinajstić information content (AvgIpc) is 2.89. The maximum Gasteiger partial charge on any atom is 0.271 e. The highest BCUT2D eigenvalue weighted by atomic mass is 35.5. The Morgan fingerprint density at radius 3 is 2.86 bits per heavy atom. The van der Waals surface area contributed by atoms with E-state index in [0.717, 1.165) is 16.8 Å². The molecular formula is C16H14ClN3O. The van der Waals surface area contributed by atoms with Crippen LogP contribution in [0.2, 0.25) is 5.02 Å². The molecule has 1 aromatic carbocycles. The van der Waals surface area contributed by atoms with E-state index in [9.17, 15) is 4.79 Å². The molecule has 0 saturated heterocycles. The van der Waals surface area contributed by atoms with Crippen molar-refractivity contribution in [1.82, 2.24) is 14.7 Å². The van der Waals surface area contributed by atoms with Gasteiger partial charge in [0.1, 0.15) is 11.3 Å². The van der Waals surface area contributed by atoms with Crippen LogP contribution in [-0.2, 0) is 6.54 Å². The third-order valence-electron chi connectivity index (χ3n) is 3.23. The minimum absolute atomic E-state index is 0.212. The molecule has 3 aromatic rings. The van der Waals surface area contributed by atoms with E-state index in [1.807, 2.05) is 47.9 Å². The molecule has 0 fully saturated rings. The number of hydrogen-bond donors (Lipinski definition) is 1. The minimum Gasteiger partial charge on any atom is -0.347 e. The molecule has 1 amide bonds. The molecule has 0 aliphatic heterocycles. The summed E-state index contributed by atoms with van der Waals surface area (Å²) in [6, 6.07) is 11.3. The number of aryl methyl sites for hydroxylation is 1. The molecular weight excluding hydrogens is 286 g/mol. The number of imidazole rings is 1. The van der Waals surface area contributed by atoms with Crippen LogP contribution >= 0.6 is 11.6 Å². The van der Waals surface area contributed by atoms with E-state index < -0.39 is 0 Å². The summed E-state index contributed by atoms with van der Waals surface area (Å²) in [6.07, 6.45) is 3.66. The first-order chi connectivity index (χ1) is 10.1. The second kappa shape index (κ2) is 5.58. The Morgan fingerprint density at radius 2 is 2.05 bits per heavy atom. The summed E-state index contributed by atoms with van der Waals surface area (Å²) in [7, 11) is 0. The molecule has 2 heterocycles. The third-order valence-corrected chi connectivity index (χ3v) is 3.60. The first-order valence-corrected chi connectivity index (χ1v) is 6.98. The highest BCUT2D eigenvalue weighted by Crippen LogP contribution is 2.14. The number of carbonyl (C=O) groups is 1. The van der Waals surface area contributed by atoms with Gasteiger partial charge in [0, 0.05) is 24.0 Å². The molecule has 21 heavy (non-hydrogen) atoms. The SMILES string of the molecule is Cc1ccc2nc(C(=O)NCc3ccccc3Cl)cn2c1. The number of hydrogen-bond acceptors (Lipinski definition) is 2. The summed E-state index contributed by atoms with van der Waals surface area (Å²) in [5, 5.41) is 3.47. The van der Waals surface area contributed by atoms with E-state index in [0.29, 0.717) is 17.3 Å². The van der Waals surface area contributed by atoms with Crippen molar-refractivity contribution in [3.05, 3.63) is 70.6 Å². The largest absolute Gasteiger partial charge is 0.347 e. The molecule has 0 aliphatic carbocycles. The summed E-state index contributed by atoms with van der Waals surface area (Å²) in [4.78, 5) is 16.5. The number of carbonyl (C=O) groups excluding carboxylic acids is 1. The fourth-order valence-electron chi connectivity index (χ4n) is 2.12. The Kier molecular flexibility index (Phi) is 3.62. The fraction of sp³-hybridized carbons (Fsp3) is 0.125. The Bertz CT molecular complexity index is 810. The Balaban J connectivity index is 1.76. The molecule has 106 valence electrons. The molecule has 0 aliphatic rings. The molecule has 0 radical (unpaired) electrons. The molecule has 0 unspecified atom stereocenters. The van der Waals surface area contributed by atoms with Gasteiger partial charge in [0.05, 0.1) is 0 Å². The standard InChI is InChI=1S/C16H14ClN3O/c1-11-6-7-15-19-14(10-20(15)9-11)16(21)18-8-12-4-2-3-5-13(12)17/h2-7,9-10H,8H2,1H3,(H,18,21). The molecule has 4 nitrogen and oxygen atoms in total. The molecule has 0 spiro atoms. The lowest BCUT2D eigenvalue weighted by Crippen LogP contribution is -2.23. The number of benzene rings is 1. The maximum absolute atomic E-state index is 12.2. The van der Waals surface area contributed by atoms with Gasteiger partial charge in [-0.3, -0.25) is 4.79 Å². The lowest BCUT2D eigenvalue weighted by Gasteiger charge is -2.04. The fourth-order valence-corrected chi connectivity index (χ4v) is 2.32. The van der Waals surface area contributed by atoms with E-state index in [2.05, 4.69) is 10.3 Å². The zero-order valence-electron chi connectivity index (χ0n) is 11.5. The normalized spacial score (nSPS) is 10.8. The van der Waals surface area contributed by atoms with Crippen LogP contribution in [-0.4, -0.2) is 15.3 Å². The summed E-state index contributed by atoms with van der Waals surface area (Å²) in [5.74, 6) is -0.212. The number of nitrogens with zero attached hydrogens (tertiary/aromatic N) is 2. The van der Waals surface area contributed by atoms with E-state index in [1.54, 1.807) is 12.3 Å². The zero-order chi connectivity index (χ0) is 14.8. The van der Waals surface area contributed by atoms with Crippen molar-refractivity contribution in [2.45, 2.75) is 13.5 Å². The first kappa shape index (κ1) is 13.6.